The molecular formula is C11H15N. The predicted molar refractivity (Wildman–Crippen MR) is 46.1 cm³/mol. The van der Waals surface area contributed by atoms with Crippen LogP contribution in [0.4, 0.5) is 0 Å². The monoisotopic (exact) mass is 161 g/mol. The summed E-state index contributed by atoms with van der Waals surface area (Å²) in [4.78, 5) is 0. The smallest absolute Gasteiger partial charge is 0.0661 e. The summed E-state index contributed by atoms with van der Waals surface area (Å²) in [6.45, 7) is 0. The molecular weight excluding hydrogens is 146 g/mol. The first-order chi connectivity index (χ1) is 5.86. The van der Waals surface area contributed by atoms with Gasteiger partial charge in [0.05, 0.1) is 12.0 Å². The van der Waals surface area contributed by atoms with Crippen LogP contribution in [0.25, 0.3) is 0 Å². The number of rotatable bonds is 0. The second-order valence-corrected chi connectivity index (χ2v) is 5.09. The summed E-state index contributed by atoms with van der Waals surface area (Å²) >= 11 is 0. The van der Waals surface area contributed by atoms with E-state index in [2.05, 4.69) is 6.07 Å². The number of hydrogen-bond acceptors (Lipinski definition) is 1. The fraction of sp³-hybridized carbons (Fsp3) is 0.909. The highest BCUT2D eigenvalue weighted by Crippen LogP contribution is 2.56. The van der Waals surface area contributed by atoms with Gasteiger partial charge in [-0.2, -0.15) is 5.26 Å². The maximum absolute atomic E-state index is 9.05. The molecule has 0 N–H and O–H groups in total. The zero-order valence-corrected chi connectivity index (χ0v) is 7.37. The lowest BCUT2D eigenvalue weighted by molar-refractivity contribution is -0.0130. The summed E-state index contributed by atoms with van der Waals surface area (Å²) in [7, 11) is 0. The number of nitriles is 1. The largest absolute Gasteiger partial charge is 0.198 e. The van der Waals surface area contributed by atoms with Crippen molar-refractivity contribution in [3.63, 3.8) is 0 Å². The van der Waals surface area contributed by atoms with Crippen LogP contribution >= 0.6 is 0 Å². The van der Waals surface area contributed by atoms with Gasteiger partial charge in [0, 0.05) is 0 Å². The van der Waals surface area contributed by atoms with Crippen molar-refractivity contribution < 1.29 is 0 Å². The molecule has 4 rings (SSSR count). The Labute approximate surface area is 73.8 Å². The molecule has 0 atom stereocenters. The van der Waals surface area contributed by atoms with Crippen molar-refractivity contribution in [2.24, 2.45) is 29.6 Å². The third-order valence-corrected chi connectivity index (χ3v) is 4.38. The van der Waals surface area contributed by atoms with Gasteiger partial charge in [-0.1, -0.05) is 0 Å². The van der Waals surface area contributed by atoms with Crippen LogP contribution in [-0.2, 0) is 0 Å². The lowest BCUT2D eigenvalue weighted by Gasteiger charge is -2.52. The van der Waals surface area contributed by atoms with Gasteiger partial charge in [0.2, 0.25) is 0 Å². The van der Waals surface area contributed by atoms with Crippen molar-refractivity contribution in [2.45, 2.75) is 32.1 Å². The van der Waals surface area contributed by atoms with Crippen molar-refractivity contribution in [1.29, 1.82) is 5.26 Å². The Bertz CT molecular complexity index is 210. The molecule has 0 unspecified atom stereocenters. The molecule has 0 aromatic rings. The fourth-order valence-electron chi connectivity index (χ4n) is 4.14. The van der Waals surface area contributed by atoms with Crippen molar-refractivity contribution in [3.05, 3.63) is 0 Å². The number of nitrogens with zero attached hydrogens (tertiary/aromatic N) is 1. The normalized spacial score (nSPS) is 55.4. The van der Waals surface area contributed by atoms with Crippen molar-refractivity contribution in [1.82, 2.24) is 0 Å². The zero-order chi connectivity index (χ0) is 8.13. The van der Waals surface area contributed by atoms with Crippen molar-refractivity contribution in [2.75, 3.05) is 0 Å². The van der Waals surface area contributed by atoms with Gasteiger partial charge in [-0.15, -0.1) is 0 Å². The molecule has 0 aromatic heterocycles. The highest BCUT2D eigenvalue weighted by Gasteiger charge is 2.48. The molecule has 1 nitrogen and oxygen atoms in total. The first-order valence-corrected chi connectivity index (χ1v) is 5.26. The van der Waals surface area contributed by atoms with E-state index >= 15 is 0 Å². The average Bonchev–Trinajstić information content (AvgIpc) is 2.02. The zero-order valence-electron chi connectivity index (χ0n) is 7.37. The molecule has 12 heavy (non-hydrogen) atoms. The summed E-state index contributed by atoms with van der Waals surface area (Å²) in [6, 6.07) is 2.55. The lowest BCUT2D eigenvalue weighted by Crippen LogP contribution is -2.44. The van der Waals surface area contributed by atoms with Crippen LogP contribution in [0.2, 0.25) is 0 Å². The van der Waals surface area contributed by atoms with E-state index < -0.39 is 0 Å². The molecule has 0 amide bonds. The van der Waals surface area contributed by atoms with Gasteiger partial charge in [-0.05, 0) is 55.8 Å². The van der Waals surface area contributed by atoms with Gasteiger partial charge < -0.3 is 0 Å². The first-order valence-electron chi connectivity index (χ1n) is 5.26. The Morgan fingerprint density at radius 2 is 1.33 bits per heavy atom. The van der Waals surface area contributed by atoms with Crippen LogP contribution in [0.1, 0.15) is 32.1 Å². The maximum Gasteiger partial charge on any atom is 0.0661 e. The van der Waals surface area contributed by atoms with Crippen LogP contribution < -0.4 is 0 Å². The van der Waals surface area contributed by atoms with Gasteiger partial charge in [-0.25, -0.2) is 0 Å². The fourth-order valence-corrected chi connectivity index (χ4v) is 4.14. The molecule has 4 aliphatic carbocycles. The Hall–Kier alpha value is -0.510. The van der Waals surface area contributed by atoms with E-state index in [1.165, 1.54) is 32.1 Å². The molecule has 4 fully saturated rings. The molecule has 4 aliphatic rings. The summed E-state index contributed by atoms with van der Waals surface area (Å²) in [5.41, 5.74) is 0. The Balaban J connectivity index is 1.91. The summed E-state index contributed by atoms with van der Waals surface area (Å²) in [5, 5.41) is 9.05. The van der Waals surface area contributed by atoms with Crippen LogP contribution in [-0.4, -0.2) is 0 Å². The minimum atomic E-state index is 0.442. The Kier molecular flexibility index (Phi) is 1.30. The molecule has 0 aromatic carbocycles. The van der Waals surface area contributed by atoms with Gasteiger partial charge in [0.15, 0.2) is 0 Å². The summed E-state index contributed by atoms with van der Waals surface area (Å²) in [6.07, 6.45) is 7.01. The quantitative estimate of drug-likeness (QED) is 0.535. The van der Waals surface area contributed by atoms with E-state index in [-0.39, 0.29) is 0 Å². The Morgan fingerprint density at radius 1 is 0.833 bits per heavy atom. The van der Waals surface area contributed by atoms with E-state index in [1.807, 2.05) is 0 Å². The third kappa shape index (κ3) is 0.787. The molecule has 0 spiro atoms. The minimum absolute atomic E-state index is 0.442. The van der Waals surface area contributed by atoms with E-state index in [1.54, 1.807) is 0 Å². The molecule has 0 saturated heterocycles. The predicted octanol–water partition coefficient (Wildman–Crippen LogP) is 2.58. The second-order valence-electron chi connectivity index (χ2n) is 5.09. The topological polar surface area (TPSA) is 23.8 Å². The summed E-state index contributed by atoms with van der Waals surface area (Å²) < 4.78 is 0. The van der Waals surface area contributed by atoms with Gasteiger partial charge in [0.1, 0.15) is 0 Å². The molecule has 1 heteroatoms. The van der Waals surface area contributed by atoms with E-state index in [0.29, 0.717) is 5.92 Å². The molecule has 0 heterocycles. The summed E-state index contributed by atoms with van der Waals surface area (Å²) in [5.74, 6) is 4.06. The molecule has 4 saturated carbocycles. The van der Waals surface area contributed by atoms with Crippen LogP contribution in [0.5, 0.6) is 0 Å². The van der Waals surface area contributed by atoms with E-state index in [9.17, 15) is 0 Å². The molecule has 64 valence electrons. The van der Waals surface area contributed by atoms with Crippen LogP contribution in [0, 0.1) is 40.9 Å². The second kappa shape index (κ2) is 2.25. The molecule has 0 aliphatic heterocycles. The van der Waals surface area contributed by atoms with Crippen molar-refractivity contribution >= 4 is 0 Å². The van der Waals surface area contributed by atoms with Crippen LogP contribution in [0.3, 0.4) is 0 Å². The molecule has 0 radical (unpaired) electrons. The molecule has 4 bridgehead atoms. The van der Waals surface area contributed by atoms with Gasteiger partial charge >= 0.3 is 0 Å². The SMILES string of the molecule is N#CC1[C@H]2CC3C[C@@H](C2)C[C@H]1C3. The minimum Gasteiger partial charge on any atom is -0.198 e. The van der Waals surface area contributed by atoms with Crippen molar-refractivity contribution in [3.8, 4) is 6.07 Å². The van der Waals surface area contributed by atoms with E-state index in [4.69, 9.17) is 5.26 Å². The third-order valence-electron chi connectivity index (χ3n) is 4.38. The highest BCUT2D eigenvalue weighted by atomic mass is 14.5. The highest BCUT2D eigenvalue weighted by molar-refractivity contribution is 5.05. The average molecular weight is 161 g/mol. The van der Waals surface area contributed by atoms with Gasteiger partial charge in [-0.3, -0.25) is 0 Å². The van der Waals surface area contributed by atoms with Gasteiger partial charge in [0.25, 0.3) is 0 Å². The lowest BCUT2D eigenvalue weighted by atomic mass is 9.52. The standard InChI is InChI=1S/C11H15N/c12-6-11-9-2-7-1-8(4-9)5-10(11)3-7/h7-11H,1-5H2/t7-,8?,9+,10-,11?. The first kappa shape index (κ1) is 6.95. The van der Waals surface area contributed by atoms with E-state index in [0.717, 1.165) is 23.7 Å². The maximum atomic E-state index is 9.05. The number of hydrogen-bond donors (Lipinski definition) is 0. The Morgan fingerprint density at radius 3 is 1.75 bits per heavy atom. The van der Waals surface area contributed by atoms with Crippen LogP contribution in [0.15, 0.2) is 0 Å².